The second-order valence-electron chi connectivity index (χ2n) is 4.23. The van der Waals surface area contributed by atoms with Crippen LogP contribution in [-0.2, 0) is 9.84 Å². The summed E-state index contributed by atoms with van der Waals surface area (Å²) in [5, 5.41) is 2.46. The summed E-state index contributed by atoms with van der Waals surface area (Å²) in [6.07, 6.45) is 2.16. The summed E-state index contributed by atoms with van der Waals surface area (Å²) in [5.74, 6) is 0.978. The molecule has 0 saturated carbocycles. The lowest BCUT2D eigenvalue weighted by molar-refractivity contribution is 0.589. The quantitative estimate of drug-likeness (QED) is 0.894. The van der Waals surface area contributed by atoms with Gasteiger partial charge < -0.3 is 5.32 Å². The zero-order chi connectivity index (χ0) is 13.9. The minimum atomic E-state index is -3.19. The van der Waals surface area contributed by atoms with Gasteiger partial charge in [-0.05, 0) is 36.2 Å². The smallest absolute Gasteiger partial charge is 0.157 e. The van der Waals surface area contributed by atoms with E-state index in [-0.39, 0.29) is 0 Å². The first-order chi connectivity index (χ1) is 8.27. The van der Waals surface area contributed by atoms with Crippen molar-refractivity contribution in [3.05, 3.63) is 16.0 Å². The summed E-state index contributed by atoms with van der Waals surface area (Å²) < 4.78 is 23.9. The molecule has 1 rings (SSSR count). The fraction of sp³-hybridized carbons (Fsp3) is 0.636. The number of aryl methyl sites for hydroxylation is 1. The molecular weight excluding hydrogens is 318 g/mol. The van der Waals surface area contributed by atoms with Gasteiger partial charge in [-0.1, -0.05) is 6.92 Å². The van der Waals surface area contributed by atoms with Gasteiger partial charge in [0, 0.05) is 12.8 Å². The van der Waals surface area contributed by atoms with Crippen LogP contribution in [0.2, 0.25) is 0 Å². The van der Waals surface area contributed by atoms with E-state index in [2.05, 4.69) is 38.1 Å². The molecule has 0 bridgehead atoms. The van der Waals surface area contributed by atoms with Crippen molar-refractivity contribution in [1.29, 1.82) is 0 Å². The Morgan fingerprint density at radius 2 is 2.00 bits per heavy atom. The van der Waals surface area contributed by atoms with Crippen molar-refractivity contribution in [3.8, 4) is 0 Å². The zero-order valence-electron chi connectivity index (χ0n) is 11.0. The highest BCUT2D eigenvalue weighted by Gasteiger charge is 2.22. The minimum absolute atomic E-state index is 0.330. The number of halogens is 1. The van der Waals surface area contributed by atoms with Gasteiger partial charge in [0.05, 0.1) is 10.2 Å². The van der Waals surface area contributed by atoms with Gasteiger partial charge >= 0.3 is 0 Å². The van der Waals surface area contributed by atoms with Gasteiger partial charge in [0.1, 0.15) is 16.9 Å². The summed E-state index contributed by atoms with van der Waals surface area (Å²) >= 11 is 3.41. The van der Waals surface area contributed by atoms with Crippen LogP contribution in [0.25, 0.3) is 0 Å². The Labute approximate surface area is 116 Å². The Morgan fingerprint density at radius 1 is 1.39 bits per heavy atom. The predicted octanol–water partition coefficient (Wildman–Crippen LogP) is 2.48. The zero-order valence-corrected chi connectivity index (χ0v) is 13.4. The Balaban J connectivity index is 3.19. The average molecular weight is 336 g/mol. The fourth-order valence-corrected chi connectivity index (χ4v) is 2.12. The third-order valence-corrected chi connectivity index (χ3v) is 5.03. The van der Waals surface area contributed by atoms with E-state index in [0.717, 1.165) is 23.1 Å². The van der Waals surface area contributed by atoms with Crippen LogP contribution in [0.1, 0.15) is 37.0 Å². The van der Waals surface area contributed by atoms with Gasteiger partial charge in [-0.2, -0.15) is 0 Å². The molecule has 5 nitrogen and oxygen atoms in total. The molecule has 0 aromatic carbocycles. The molecule has 1 unspecified atom stereocenters. The SMILES string of the molecule is CCCNc1nc(C(C)S(C)(=O)=O)nc(C)c1Br. The number of nitrogens with one attached hydrogen (secondary N) is 1. The van der Waals surface area contributed by atoms with Crippen molar-refractivity contribution in [3.63, 3.8) is 0 Å². The summed E-state index contributed by atoms with van der Waals surface area (Å²) in [6.45, 7) is 6.25. The van der Waals surface area contributed by atoms with Crippen molar-refractivity contribution in [2.24, 2.45) is 0 Å². The van der Waals surface area contributed by atoms with E-state index in [1.807, 2.05) is 6.92 Å². The van der Waals surface area contributed by atoms with E-state index < -0.39 is 15.1 Å². The second kappa shape index (κ2) is 5.97. The number of rotatable bonds is 5. The predicted molar refractivity (Wildman–Crippen MR) is 76.5 cm³/mol. The van der Waals surface area contributed by atoms with Gasteiger partial charge in [-0.15, -0.1) is 0 Å². The highest BCUT2D eigenvalue weighted by Crippen LogP contribution is 2.26. The minimum Gasteiger partial charge on any atom is -0.369 e. The largest absolute Gasteiger partial charge is 0.369 e. The van der Waals surface area contributed by atoms with Crippen molar-refractivity contribution in [2.45, 2.75) is 32.4 Å². The Kier molecular flexibility index (Phi) is 5.10. The average Bonchev–Trinajstić information content (AvgIpc) is 2.28. The first-order valence-corrected chi connectivity index (χ1v) is 8.48. The molecule has 1 aromatic heterocycles. The normalized spacial score (nSPS) is 13.4. The maximum atomic E-state index is 11.5. The van der Waals surface area contributed by atoms with Crippen LogP contribution in [-0.4, -0.2) is 31.2 Å². The van der Waals surface area contributed by atoms with Gasteiger partial charge in [0.15, 0.2) is 9.84 Å². The van der Waals surface area contributed by atoms with Crippen LogP contribution in [0, 0.1) is 6.92 Å². The number of nitrogens with zero attached hydrogens (tertiary/aromatic N) is 2. The molecule has 0 aliphatic carbocycles. The number of hydrogen-bond donors (Lipinski definition) is 1. The molecule has 0 aliphatic rings. The van der Waals surface area contributed by atoms with Gasteiger partial charge in [-0.25, -0.2) is 18.4 Å². The first-order valence-electron chi connectivity index (χ1n) is 5.74. The van der Waals surface area contributed by atoms with E-state index in [1.54, 1.807) is 6.92 Å². The molecule has 18 heavy (non-hydrogen) atoms. The van der Waals surface area contributed by atoms with Crippen molar-refractivity contribution in [1.82, 2.24) is 9.97 Å². The monoisotopic (exact) mass is 335 g/mol. The van der Waals surface area contributed by atoms with Crippen LogP contribution in [0.3, 0.4) is 0 Å². The summed E-state index contributed by atoms with van der Waals surface area (Å²) in [7, 11) is -3.19. The molecule has 0 saturated heterocycles. The maximum absolute atomic E-state index is 11.5. The lowest BCUT2D eigenvalue weighted by Gasteiger charge is -2.13. The number of hydrogen-bond acceptors (Lipinski definition) is 5. The van der Waals surface area contributed by atoms with Crippen LogP contribution in [0.5, 0.6) is 0 Å². The third-order valence-electron chi connectivity index (χ3n) is 2.58. The van der Waals surface area contributed by atoms with Crippen LogP contribution in [0.4, 0.5) is 5.82 Å². The molecule has 0 fully saturated rings. The molecule has 1 N–H and O–H groups in total. The molecular formula is C11H18BrN3O2S. The lowest BCUT2D eigenvalue weighted by Crippen LogP contribution is -2.14. The molecule has 102 valence electrons. The summed E-state index contributed by atoms with van der Waals surface area (Å²) in [4.78, 5) is 8.52. The van der Waals surface area contributed by atoms with E-state index in [9.17, 15) is 8.42 Å². The second-order valence-corrected chi connectivity index (χ2v) is 7.39. The highest BCUT2D eigenvalue weighted by atomic mass is 79.9. The van der Waals surface area contributed by atoms with Gasteiger partial charge in [0.2, 0.25) is 0 Å². The molecule has 7 heteroatoms. The van der Waals surface area contributed by atoms with Gasteiger partial charge in [0.25, 0.3) is 0 Å². The molecule has 0 aliphatic heterocycles. The first kappa shape index (κ1) is 15.4. The standard InChI is InChI=1S/C11H18BrN3O2S/c1-5-6-13-11-9(12)7(2)14-10(15-11)8(3)18(4,16)17/h8H,5-6H2,1-4H3,(H,13,14,15). The molecule has 1 aromatic rings. The summed E-state index contributed by atoms with van der Waals surface area (Å²) in [6, 6.07) is 0. The molecule has 0 spiro atoms. The fourth-order valence-electron chi connectivity index (χ4n) is 1.31. The van der Waals surface area contributed by atoms with Crippen molar-refractivity contribution >= 4 is 31.6 Å². The third kappa shape index (κ3) is 3.65. The van der Waals surface area contributed by atoms with E-state index in [1.165, 1.54) is 6.26 Å². The number of anilines is 1. The van der Waals surface area contributed by atoms with E-state index in [4.69, 9.17) is 0 Å². The van der Waals surface area contributed by atoms with Crippen LogP contribution < -0.4 is 5.32 Å². The molecule has 0 amide bonds. The van der Waals surface area contributed by atoms with Crippen LogP contribution in [0.15, 0.2) is 4.47 Å². The number of sulfone groups is 1. The molecule has 1 heterocycles. The van der Waals surface area contributed by atoms with Gasteiger partial charge in [-0.3, -0.25) is 0 Å². The van der Waals surface area contributed by atoms with Crippen molar-refractivity contribution in [2.75, 3.05) is 18.1 Å². The van der Waals surface area contributed by atoms with Crippen LogP contribution >= 0.6 is 15.9 Å². The van der Waals surface area contributed by atoms with Crippen molar-refractivity contribution < 1.29 is 8.42 Å². The maximum Gasteiger partial charge on any atom is 0.157 e. The summed E-state index contributed by atoms with van der Waals surface area (Å²) in [5.41, 5.74) is 0.731. The number of aromatic nitrogens is 2. The van der Waals surface area contributed by atoms with E-state index in [0.29, 0.717) is 11.6 Å². The molecule has 0 radical (unpaired) electrons. The highest BCUT2D eigenvalue weighted by molar-refractivity contribution is 9.10. The topological polar surface area (TPSA) is 72.0 Å². The Bertz CT molecular complexity index is 531. The van der Waals surface area contributed by atoms with E-state index >= 15 is 0 Å². The Morgan fingerprint density at radius 3 is 2.50 bits per heavy atom. The lowest BCUT2D eigenvalue weighted by atomic mass is 10.3. The Hall–Kier alpha value is -0.690. The molecule has 1 atom stereocenters.